The largest absolute Gasteiger partial charge is 0.394 e. The third-order valence-corrected chi connectivity index (χ3v) is 3.11. The van der Waals surface area contributed by atoms with Crippen LogP contribution in [0.25, 0.3) is 0 Å². The van der Waals surface area contributed by atoms with Crippen molar-refractivity contribution in [3.8, 4) is 0 Å². The average molecular weight is 251 g/mol. The van der Waals surface area contributed by atoms with E-state index in [4.69, 9.17) is 17.3 Å². The zero-order valence-electron chi connectivity index (χ0n) is 10.1. The van der Waals surface area contributed by atoms with Crippen molar-refractivity contribution in [3.05, 3.63) is 34.5 Å². The van der Waals surface area contributed by atoms with E-state index < -0.39 is 0 Å². The summed E-state index contributed by atoms with van der Waals surface area (Å²) in [7, 11) is 1.85. The molecule has 1 heterocycles. The van der Waals surface area contributed by atoms with Gasteiger partial charge in [0.05, 0.1) is 11.4 Å². The Bertz CT molecular complexity index is 560. The number of nitrogens with one attached hydrogen (secondary N) is 1. The predicted octanol–water partition coefficient (Wildman–Crippen LogP) is 3.02. The van der Waals surface area contributed by atoms with E-state index in [2.05, 4.69) is 10.4 Å². The van der Waals surface area contributed by atoms with E-state index in [0.29, 0.717) is 5.69 Å². The van der Waals surface area contributed by atoms with Gasteiger partial charge in [-0.15, -0.1) is 0 Å². The summed E-state index contributed by atoms with van der Waals surface area (Å²) in [6, 6.07) is 5.80. The Morgan fingerprint density at radius 3 is 2.59 bits per heavy atom. The molecule has 1 aromatic heterocycles. The smallest absolute Gasteiger partial charge is 0.152 e. The molecule has 0 saturated heterocycles. The number of nitrogens with zero attached hydrogens (tertiary/aromatic N) is 2. The maximum atomic E-state index is 6.07. The first-order valence-corrected chi connectivity index (χ1v) is 5.69. The van der Waals surface area contributed by atoms with Crippen molar-refractivity contribution in [2.75, 3.05) is 11.1 Å². The highest BCUT2D eigenvalue weighted by molar-refractivity contribution is 6.31. The van der Waals surface area contributed by atoms with Crippen LogP contribution in [-0.4, -0.2) is 9.78 Å². The molecule has 0 fully saturated rings. The average Bonchev–Trinajstić information content (AvgIpc) is 2.50. The van der Waals surface area contributed by atoms with E-state index in [9.17, 15) is 0 Å². The SMILES string of the molecule is Cc1ccc(Nc2c(N)c(C)nn2C)cc1Cl. The van der Waals surface area contributed by atoms with Gasteiger partial charge in [0.1, 0.15) is 0 Å². The Morgan fingerprint density at radius 2 is 2.06 bits per heavy atom. The first kappa shape index (κ1) is 11.8. The molecule has 0 bridgehead atoms. The fourth-order valence-electron chi connectivity index (χ4n) is 1.63. The third-order valence-electron chi connectivity index (χ3n) is 2.70. The van der Waals surface area contributed by atoms with Gasteiger partial charge in [0.15, 0.2) is 5.82 Å². The molecule has 90 valence electrons. The van der Waals surface area contributed by atoms with Gasteiger partial charge in [-0.25, -0.2) is 0 Å². The summed E-state index contributed by atoms with van der Waals surface area (Å²) >= 11 is 6.07. The molecule has 0 radical (unpaired) electrons. The molecular formula is C12H15ClN4. The molecule has 2 rings (SSSR count). The fraction of sp³-hybridized carbons (Fsp3) is 0.250. The fourth-order valence-corrected chi connectivity index (χ4v) is 1.81. The minimum absolute atomic E-state index is 0.657. The second-order valence-corrected chi connectivity index (χ2v) is 4.47. The number of anilines is 3. The quantitative estimate of drug-likeness (QED) is 0.862. The standard InChI is InChI=1S/C12H15ClN4/c1-7-4-5-9(6-10(7)13)15-12-11(14)8(2)16-17(12)3/h4-6,15H,14H2,1-3H3. The number of nitrogens with two attached hydrogens (primary N) is 1. The van der Waals surface area contributed by atoms with Crippen LogP contribution in [0.5, 0.6) is 0 Å². The van der Waals surface area contributed by atoms with Crippen LogP contribution in [0, 0.1) is 13.8 Å². The van der Waals surface area contributed by atoms with E-state index in [-0.39, 0.29) is 0 Å². The topological polar surface area (TPSA) is 55.9 Å². The highest BCUT2D eigenvalue weighted by Gasteiger charge is 2.10. The maximum Gasteiger partial charge on any atom is 0.152 e. The zero-order valence-corrected chi connectivity index (χ0v) is 10.8. The van der Waals surface area contributed by atoms with Crippen molar-refractivity contribution in [2.45, 2.75) is 13.8 Å². The molecule has 2 aromatic rings. The molecule has 17 heavy (non-hydrogen) atoms. The first-order valence-electron chi connectivity index (χ1n) is 5.31. The molecule has 1 aromatic carbocycles. The lowest BCUT2D eigenvalue weighted by molar-refractivity contribution is 0.765. The lowest BCUT2D eigenvalue weighted by Gasteiger charge is -2.09. The number of benzene rings is 1. The number of nitrogen functional groups attached to an aromatic ring is 1. The Hall–Kier alpha value is -1.68. The minimum Gasteiger partial charge on any atom is -0.394 e. The van der Waals surface area contributed by atoms with E-state index in [1.54, 1.807) is 4.68 Å². The van der Waals surface area contributed by atoms with Crippen LogP contribution in [0.4, 0.5) is 17.2 Å². The lowest BCUT2D eigenvalue weighted by atomic mass is 10.2. The van der Waals surface area contributed by atoms with Crippen molar-refractivity contribution in [1.29, 1.82) is 0 Å². The van der Waals surface area contributed by atoms with E-state index >= 15 is 0 Å². The summed E-state index contributed by atoms with van der Waals surface area (Å²) in [5.74, 6) is 0.780. The molecule has 4 nitrogen and oxygen atoms in total. The normalized spacial score (nSPS) is 10.6. The van der Waals surface area contributed by atoms with Crippen molar-refractivity contribution < 1.29 is 0 Å². The molecule has 3 N–H and O–H groups in total. The second-order valence-electron chi connectivity index (χ2n) is 4.06. The van der Waals surface area contributed by atoms with Crippen LogP contribution in [0.2, 0.25) is 5.02 Å². The van der Waals surface area contributed by atoms with Crippen LogP contribution in [0.15, 0.2) is 18.2 Å². The summed E-state index contributed by atoms with van der Waals surface area (Å²) in [4.78, 5) is 0. The third kappa shape index (κ3) is 2.22. The molecular weight excluding hydrogens is 236 g/mol. The molecule has 0 amide bonds. The molecule has 5 heteroatoms. The van der Waals surface area contributed by atoms with Gasteiger partial charge in [-0.2, -0.15) is 5.10 Å². The van der Waals surface area contributed by atoms with Crippen LogP contribution in [0.3, 0.4) is 0 Å². The predicted molar refractivity (Wildman–Crippen MR) is 71.8 cm³/mol. The first-order chi connectivity index (χ1) is 7.99. The van der Waals surface area contributed by atoms with Gasteiger partial charge < -0.3 is 11.1 Å². The molecule has 0 aliphatic heterocycles. The molecule has 0 unspecified atom stereocenters. The summed E-state index contributed by atoms with van der Waals surface area (Å²) in [6.07, 6.45) is 0. The van der Waals surface area contributed by atoms with Gasteiger partial charge in [0.2, 0.25) is 0 Å². The summed E-state index contributed by atoms with van der Waals surface area (Å²) in [6.45, 7) is 3.84. The molecule has 0 atom stereocenters. The maximum absolute atomic E-state index is 6.07. The van der Waals surface area contributed by atoms with Gasteiger partial charge in [-0.05, 0) is 31.5 Å². The van der Waals surface area contributed by atoms with Crippen molar-refractivity contribution in [2.24, 2.45) is 7.05 Å². The van der Waals surface area contributed by atoms with Crippen LogP contribution < -0.4 is 11.1 Å². The molecule has 0 spiro atoms. The Kier molecular flexibility index (Phi) is 2.98. The number of hydrogen-bond acceptors (Lipinski definition) is 3. The minimum atomic E-state index is 0.657. The van der Waals surface area contributed by atoms with Gasteiger partial charge in [0, 0.05) is 17.8 Å². The number of hydrogen-bond donors (Lipinski definition) is 2. The van der Waals surface area contributed by atoms with Crippen molar-refractivity contribution in [1.82, 2.24) is 9.78 Å². The van der Waals surface area contributed by atoms with Crippen LogP contribution in [0.1, 0.15) is 11.3 Å². The molecule has 0 aliphatic carbocycles. The number of halogens is 1. The molecule has 0 saturated carbocycles. The monoisotopic (exact) mass is 250 g/mol. The number of aromatic nitrogens is 2. The highest BCUT2D eigenvalue weighted by atomic mass is 35.5. The molecule has 0 aliphatic rings. The summed E-state index contributed by atoms with van der Waals surface area (Å²) in [5.41, 5.74) is 9.36. The van der Waals surface area contributed by atoms with E-state index in [1.165, 1.54) is 0 Å². The zero-order chi connectivity index (χ0) is 12.6. The van der Waals surface area contributed by atoms with Crippen LogP contribution in [-0.2, 0) is 7.05 Å². The van der Waals surface area contributed by atoms with E-state index in [0.717, 1.165) is 27.8 Å². The van der Waals surface area contributed by atoms with Crippen molar-refractivity contribution in [3.63, 3.8) is 0 Å². The Labute approximate surface area is 105 Å². The Morgan fingerprint density at radius 1 is 1.35 bits per heavy atom. The Balaban J connectivity index is 2.34. The van der Waals surface area contributed by atoms with Gasteiger partial charge in [-0.3, -0.25) is 4.68 Å². The number of rotatable bonds is 2. The summed E-state index contributed by atoms with van der Waals surface area (Å²) < 4.78 is 1.72. The highest BCUT2D eigenvalue weighted by Crippen LogP contribution is 2.27. The second kappa shape index (κ2) is 4.30. The number of aryl methyl sites for hydroxylation is 3. The van der Waals surface area contributed by atoms with Crippen LogP contribution >= 0.6 is 11.6 Å². The van der Waals surface area contributed by atoms with Gasteiger partial charge >= 0.3 is 0 Å². The summed E-state index contributed by atoms with van der Waals surface area (Å²) in [5, 5.41) is 8.19. The van der Waals surface area contributed by atoms with Gasteiger partial charge in [-0.1, -0.05) is 17.7 Å². The van der Waals surface area contributed by atoms with Gasteiger partial charge in [0.25, 0.3) is 0 Å². The van der Waals surface area contributed by atoms with E-state index in [1.807, 2.05) is 39.1 Å². The van der Waals surface area contributed by atoms with Crippen molar-refractivity contribution >= 4 is 28.8 Å². The lowest BCUT2D eigenvalue weighted by Crippen LogP contribution is -2.01.